The Hall–Kier alpha value is -1.36. The van der Waals surface area contributed by atoms with E-state index >= 15 is 0 Å². The molecule has 2 nitrogen and oxygen atoms in total. The SMILES string of the molecule is CN1C(F)CN(c2ccccc2)C(c2ccccc2)C1F.Cl.Cl. The molecule has 0 amide bonds. The number of piperazine rings is 1. The summed E-state index contributed by atoms with van der Waals surface area (Å²) < 4.78 is 28.9. The van der Waals surface area contributed by atoms with Gasteiger partial charge in [-0.15, -0.1) is 24.8 Å². The molecule has 0 N–H and O–H groups in total. The van der Waals surface area contributed by atoms with E-state index in [9.17, 15) is 8.78 Å². The highest BCUT2D eigenvalue weighted by Gasteiger charge is 2.41. The molecule has 0 radical (unpaired) electrons. The number of likely N-dealkylation sites (N-methyl/N-ethyl adjacent to an activating group) is 1. The first kappa shape index (κ1) is 19.7. The maximum Gasteiger partial charge on any atom is 0.180 e. The maximum absolute atomic E-state index is 14.8. The zero-order valence-corrected chi connectivity index (χ0v) is 14.3. The van der Waals surface area contributed by atoms with Crippen molar-refractivity contribution in [3.8, 4) is 0 Å². The molecule has 6 heteroatoms. The summed E-state index contributed by atoms with van der Waals surface area (Å²) in [7, 11) is 1.49. The molecule has 1 aliphatic heterocycles. The fourth-order valence-corrected chi connectivity index (χ4v) is 2.80. The van der Waals surface area contributed by atoms with E-state index in [4.69, 9.17) is 0 Å². The molecule has 3 unspecified atom stereocenters. The molecular weight excluding hydrogens is 341 g/mol. The minimum Gasteiger partial charge on any atom is -0.356 e. The lowest BCUT2D eigenvalue weighted by Gasteiger charge is -2.45. The van der Waals surface area contributed by atoms with Crippen LogP contribution in [0, 0.1) is 0 Å². The summed E-state index contributed by atoms with van der Waals surface area (Å²) in [6.45, 7) is 0.153. The lowest BCUT2D eigenvalue weighted by atomic mass is 10.00. The highest BCUT2D eigenvalue weighted by Crippen LogP contribution is 2.37. The van der Waals surface area contributed by atoms with Crippen molar-refractivity contribution < 1.29 is 8.78 Å². The van der Waals surface area contributed by atoms with Crippen LogP contribution in [0.15, 0.2) is 60.7 Å². The highest BCUT2D eigenvalue weighted by atomic mass is 35.5. The van der Waals surface area contributed by atoms with Gasteiger partial charge >= 0.3 is 0 Å². The lowest BCUT2D eigenvalue weighted by molar-refractivity contribution is -0.0349. The zero-order valence-electron chi connectivity index (χ0n) is 12.7. The van der Waals surface area contributed by atoms with E-state index in [0.717, 1.165) is 16.2 Å². The van der Waals surface area contributed by atoms with Crippen molar-refractivity contribution in [2.45, 2.75) is 18.6 Å². The van der Waals surface area contributed by atoms with Crippen LogP contribution < -0.4 is 4.90 Å². The van der Waals surface area contributed by atoms with Crippen molar-refractivity contribution in [1.29, 1.82) is 0 Å². The molecule has 0 aliphatic carbocycles. The van der Waals surface area contributed by atoms with E-state index in [1.54, 1.807) is 0 Å². The van der Waals surface area contributed by atoms with Crippen molar-refractivity contribution in [2.75, 3.05) is 18.5 Å². The third kappa shape index (κ3) is 3.94. The molecule has 1 saturated heterocycles. The number of hydrogen-bond donors (Lipinski definition) is 0. The number of hydrogen-bond acceptors (Lipinski definition) is 2. The molecule has 3 rings (SSSR count). The predicted molar refractivity (Wildman–Crippen MR) is 95.0 cm³/mol. The van der Waals surface area contributed by atoms with Crippen molar-refractivity contribution in [3.63, 3.8) is 0 Å². The Labute approximate surface area is 147 Å². The lowest BCUT2D eigenvalue weighted by Crippen LogP contribution is -2.55. The summed E-state index contributed by atoms with van der Waals surface area (Å²) in [5.41, 5.74) is 1.69. The quantitative estimate of drug-likeness (QED) is 0.721. The summed E-state index contributed by atoms with van der Waals surface area (Å²) in [6.07, 6.45) is -2.71. The Morgan fingerprint density at radius 2 is 1.39 bits per heavy atom. The number of alkyl halides is 2. The average molecular weight is 361 g/mol. The average Bonchev–Trinajstić information content (AvgIpc) is 2.54. The van der Waals surface area contributed by atoms with Gasteiger partial charge in [-0.2, -0.15) is 0 Å². The van der Waals surface area contributed by atoms with Gasteiger partial charge in [0.05, 0.1) is 12.6 Å². The van der Waals surface area contributed by atoms with E-state index in [0.29, 0.717) is 0 Å². The number of anilines is 1. The van der Waals surface area contributed by atoms with Crippen LogP contribution in [-0.2, 0) is 0 Å². The summed E-state index contributed by atoms with van der Waals surface area (Å²) >= 11 is 0. The predicted octanol–water partition coefficient (Wildman–Crippen LogP) is 4.61. The van der Waals surface area contributed by atoms with Crippen molar-refractivity contribution >= 4 is 30.5 Å². The van der Waals surface area contributed by atoms with E-state index in [-0.39, 0.29) is 31.4 Å². The van der Waals surface area contributed by atoms with Gasteiger partial charge in [0.1, 0.15) is 0 Å². The van der Waals surface area contributed by atoms with Gasteiger partial charge in [-0.05, 0) is 24.7 Å². The first-order valence-electron chi connectivity index (χ1n) is 7.05. The molecule has 2 aromatic carbocycles. The Balaban J connectivity index is 0.00000132. The molecule has 0 bridgehead atoms. The molecule has 2 aromatic rings. The van der Waals surface area contributed by atoms with Crippen LogP contribution in [0.5, 0.6) is 0 Å². The molecule has 0 spiro atoms. The van der Waals surface area contributed by atoms with Gasteiger partial charge < -0.3 is 4.90 Å². The van der Waals surface area contributed by atoms with Gasteiger partial charge in [-0.25, -0.2) is 13.7 Å². The number of para-hydroxylation sites is 1. The molecule has 1 heterocycles. The van der Waals surface area contributed by atoms with Crippen LogP contribution in [-0.4, -0.2) is 31.1 Å². The minimum absolute atomic E-state index is 0. The Morgan fingerprint density at radius 1 is 0.870 bits per heavy atom. The highest BCUT2D eigenvalue weighted by molar-refractivity contribution is 5.85. The molecule has 126 valence electrons. The second-order valence-electron chi connectivity index (χ2n) is 5.32. The number of rotatable bonds is 2. The van der Waals surface area contributed by atoms with Crippen LogP contribution in [0.2, 0.25) is 0 Å². The van der Waals surface area contributed by atoms with Crippen LogP contribution in [0.25, 0.3) is 0 Å². The van der Waals surface area contributed by atoms with Crippen molar-refractivity contribution in [1.82, 2.24) is 4.90 Å². The van der Waals surface area contributed by atoms with Crippen LogP contribution in [0.3, 0.4) is 0 Å². The third-order valence-electron chi connectivity index (χ3n) is 4.00. The number of nitrogens with zero attached hydrogens (tertiary/aromatic N) is 2. The molecule has 23 heavy (non-hydrogen) atoms. The number of benzene rings is 2. The van der Waals surface area contributed by atoms with Gasteiger partial charge in [0.25, 0.3) is 0 Å². The maximum atomic E-state index is 14.8. The van der Waals surface area contributed by atoms with E-state index in [1.807, 2.05) is 65.6 Å². The second kappa shape index (κ2) is 8.48. The Bertz CT molecular complexity index is 586. The van der Waals surface area contributed by atoms with Gasteiger partial charge in [-0.1, -0.05) is 48.5 Å². The van der Waals surface area contributed by atoms with Crippen LogP contribution >= 0.6 is 24.8 Å². The van der Waals surface area contributed by atoms with Gasteiger partial charge in [-0.3, -0.25) is 0 Å². The first-order chi connectivity index (χ1) is 10.2. The number of halogens is 4. The largest absolute Gasteiger partial charge is 0.356 e. The molecule has 0 aromatic heterocycles. The van der Waals surface area contributed by atoms with Crippen LogP contribution in [0.4, 0.5) is 14.5 Å². The van der Waals surface area contributed by atoms with Gasteiger partial charge in [0, 0.05) is 5.69 Å². The first-order valence-corrected chi connectivity index (χ1v) is 7.05. The summed E-state index contributed by atoms with van der Waals surface area (Å²) in [4.78, 5) is 2.97. The molecule has 1 aliphatic rings. The van der Waals surface area contributed by atoms with Gasteiger partial charge in [0.2, 0.25) is 0 Å². The third-order valence-corrected chi connectivity index (χ3v) is 4.00. The van der Waals surface area contributed by atoms with E-state index in [2.05, 4.69) is 0 Å². The molecule has 1 fully saturated rings. The fourth-order valence-electron chi connectivity index (χ4n) is 2.80. The monoisotopic (exact) mass is 360 g/mol. The van der Waals surface area contributed by atoms with Crippen LogP contribution in [0.1, 0.15) is 11.6 Å². The topological polar surface area (TPSA) is 6.48 Å². The minimum atomic E-state index is -1.39. The standard InChI is InChI=1S/C17H18F2N2.2ClH/c1-20-15(18)12-21(14-10-6-3-7-11-14)16(17(20)19)13-8-4-2-5-9-13;;/h2-11,15-17H,12H2,1H3;2*1H. The second-order valence-corrected chi connectivity index (χ2v) is 5.32. The summed E-state index contributed by atoms with van der Waals surface area (Å²) in [5.74, 6) is 0. The van der Waals surface area contributed by atoms with E-state index in [1.165, 1.54) is 7.05 Å². The Kier molecular flexibility index (Phi) is 7.26. The molecule has 0 saturated carbocycles. The normalized spacial score (nSPS) is 24.5. The van der Waals surface area contributed by atoms with E-state index < -0.39 is 18.6 Å². The van der Waals surface area contributed by atoms with Crippen molar-refractivity contribution in [3.05, 3.63) is 66.2 Å². The smallest absolute Gasteiger partial charge is 0.180 e. The molecular formula is C17H20Cl2F2N2. The fraction of sp³-hybridized carbons (Fsp3) is 0.294. The summed E-state index contributed by atoms with van der Waals surface area (Å²) in [5, 5.41) is 0. The van der Waals surface area contributed by atoms with Crippen molar-refractivity contribution in [2.24, 2.45) is 0 Å². The Morgan fingerprint density at radius 3 is 1.96 bits per heavy atom. The molecule has 3 atom stereocenters. The van der Waals surface area contributed by atoms with Gasteiger partial charge in [0.15, 0.2) is 12.6 Å². The summed E-state index contributed by atoms with van der Waals surface area (Å²) in [6, 6.07) is 18.4. The zero-order chi connectivity index (χ0) is 14.8.